The molecule has 4 heteroatoms. The largest absolute Gasteiger partial charge is 0.373 e. The highest BCUT2D eigenvalue weighted by Gasteiger charge is 2.28. The molecule has 18 heavy (non-hydrogen) atoms. The van der Waals surface area contributed by atoms with Crippen LogP contribution in [-0.2, 0) is 4.74 Å². The number of nitrogens with two attached hydrogens (primary N) is 1. The number of halogens is 1. The minimum Gasteiger partial charge on any atom is -0.373 e. The highest BCUT2D eigenvalue weighted by atomic mass is 19.1. The zero-order chi connectivity index (χ0) is 13.1. The lowest BCUT2D eigenvalue weighted by molar-refractivity contribution is -0.0799. The van der Waals surface area contributed by atoms with E-state index < -0.39 is 0 Å². The van der Waals surface area contributed by atoms with E-state index in [4.69, 9.17) is 10.5 Å². The van der Waals surface area contributed by atoms with E-state index >= 15 is 0 Å². The topological polar surface area (TPSA) is 38.5 Å². The van der Waals surface area contributed by atoms with Crippen LogP contribution in [0.2, 0.25) is 0 Å². The van der Waals surface area contributed by atoms with Gasteiger partial charge in [-0.2, -0.15) is 0 Å². The second-order valence-electron chi connectivity index (χ2n) is 5.01. The lowest BCUT2D eigenvalue weighted by Gasteiger charge is -2.40. The van der Waals surface area contributed by atoms with Crippen LogP contribution in [0.1, 0.15) is 25.5 Å². The normalized spacial score (nSPS) is 27.1. The van der Waals surface area contributed by atoms with Gasteiger partial charge in [-0.25, -0.2) is 4.39 Å². The molecule has 0 unspecified atom stereocenters. The van der Waals surface area contributed by atoms with E-state index in [1.54, 1.807) is 0 Å². The van der Waals surface area contributed by atoms with E-state index in [1.807, 2.05) is 12.1 Å². The van der Waals surface area contributed by atoms with Crippen molar-refractivity contribution >= 4 is 0 Å². The van der Waals surface area contributed by atoms with Crippen molar-refractivity contribution in [2.75, 3.05) is 19.6 Å². The standard InChI is InChI=1S/C14H21FN2O/c1-10-8-17(9-11(2)18-10)14(7-16)12-3-5-13(15)6-4-12/h3-6,10-11,14H,7-9,16H2,1-2H3/t10-,11+,14-/m0/s1. The first-order chi connectivity index (χ1) is 8.60. The van der Waals surface area contributed by atoms with Crippen molar-refractivity contribution in [3.8, 4) is 0 Å². The Morgan fingerprint density at radius 3 is 2.33 bits per heavy atom. The Kier molecular flexibility index (Phi) is 4.32. The Morgan fingerprint density at radius 2 is 1.83 bits per heavy atom. The molecule has 1 heterocycles. The SMILES string of the molecule is C[C@@H]1CN([C@@H](CN)c2ccc(F)cc2)C[C@H](C)O1. The van der Waals surface area contributed by atoms with Crippen LogP contribution < -0.4 is 5.73 Å². The van der Waals surface area contributed by atoms with E-state index in [1.165, 1.54) is 12.1 Å². The van der Waals surface area contributed by atoms with Crippen LogP contribution in [0, 0.1) is 5.82 Å². The first kappa shape index (κ1) is 13.5. The molecular weight excluding hydrogens is 231 g/mol. The summed E-state index contributed by atoms with van der Waals surface area (Å²) < 4.78 is 18.7. The Bertz CT molecular complexity index is 372. The summed E-state index contributed by atoms with van der Waals surface area (Å²) in [6.07, 6.45) is 0.423. The van der Waals surface area contributed by atoms with Gasteiger partial charge < -0.3 is 10.5 Å². The molecule has 3 nitrogen and oxygen atoms in total. The molecule has 2 N–H and O–H groups in total. The molecule has 1 aromatic carbocycles. The van der Waals surface area contributed by atoms with E-state index in [0.717, 1.165) is 18.7 Å². The molecule has 1 aliphatic heterocycles. The molecule has 2 rings (SSSR count). The quantitative estimate of drug-likeness (QED) is 0.893. The zero-order valence-corrected chi connectivity index (χ0v) is 11.0. The molecule has 1 aromatic rings. The predicted octanol–water partition coefficient (Wildman–Crippen LogP) is 1.93. The third-order valence-corrected chi connectivity index (χ3v) is 3.37. The number of hydrogen-bond donors (Lipinski definition) is 1. The van der Waals surface area contributed by atoms with Gasteiger partial charge in [-0.05, 0) is 31.5 Å². The summed E-state index contributed by atoms with van der Waals surface area (Å²) in [5.41, 5.74) is 6.96. The molecule has 0 bridgehead atoms. The maximum atomic E-state index is 13.0. The molecule has 1 fully saturated rings. The molecule has 1 saturated heterocycles. The monoisotopic (exact) mass is 252 g/mol. The number of benzene rings is 1. The van der Waals surface area contributed by atoms with Crippen molar-refractivity contribution in [3.63, 3.8) is 0 Å². The minimum atomic E-state index is -0.210. The predicted molar refractivity (Wildman–Crippen MR) is 69.8 cm³/mol. The van der Waals surface area contributed by atoms with Crippen molar-refractivity contribution in [3.05, 3.63) is 35.6 Å². The number of hydrogen-bond acceptors (Lipinski definition) is 3. The lowest BCUT2D eigenvalue weighted by Crippen LogP contribution is -2.48. The van der Waals surface area contributed by atoms with Crippen molar-refractivity contribution < 1.29 is 9.13 Å². The summed E-state index contributed by atoms with van der Waals surface area (Å²) >= 11 is 0. The van der Waals surface area contributed by atoms with Gasteiger partial charge in [0.1, 0.15) is 5.82 Å². The fraction of sp³-hybridized carbons (Fsp3) is 0.571. The van der Waals surface area contributed by atoms with Crippen molar-refractivity contribution in [1.82, 2.24) is 4.90 Å². The van der Waals surface area contributed by atoms with Crippen LogP contribution in [0.3, 0.4) is 0 Å². The van der Waals surface area contributed by atoms with Crippen molar-refractivity contribution in [1.29, 1.82) is 0 Å². The van der Waals surface area contributed by atoms with Gasteiger partial charge in [0.15, 0.2) is 0 Å². The van der Waals surface area contributed by atoms with Gasteiger partial charge in [0.05, 0.1) is 12.2 Å². The Balaban J connectivity index is 2.14. The second-order valence-corrected chi connectivity index (χ2v) is 5.01. The molecule has 0 aromatic heterocycles. The molecule has 1 aliphatic rings. The molecule has 0 saturated carbocycles. The number of ether oxygens (including phenoxy) is 1. The van der Waals surface area contributed by atoms with E-state index in [9.17, 15) is 4.39 Å². The summed E-state index contributed by atoms with van der Waals surface area (Å²) in [5, 5.41) is 0. The Morgan fingerprint density at radius 1 is 1.28 bits per heavy atom. The molecule has 0 radical (unpaired) electrons. The van der Waals surface area contributed by atoms with E-state index in [0.29, 0.717) is 6.54 Å². The van der Waals surface area contributed by atoms with Gasteiger partial charge in [0.25, 0.3) is 0 Å². The van der Waals surface area contributed by atoms with Crippen LogP contribution >= 0.6 is 0 Å². The van der Waals surface area contributed by atoms with E-state index in [2.05, 4.69) is 18.7 Å². The van der Waals surface area contributed by atoms with Crippen molar-refractivity contribution in [2.45, 2.75) is 32.1 Å². The third kappa shape index (κ3) is 3.07. The highest BCUT2D eigenvalue weighted by Crippen LogP contribution is 2.24. The maximum absolute atomic E-state index is 13.0. The molecule has 0 amide bonds. The Hall–Kier alpha value is -0.970. The maximum Gasteiger partial charge on any atom is 0.123 e. The summed E-state index contributed by atoms with van der Waals surface area (Å²) in [5.74, 6) is -0.210. The first-order valence-corrected chi connectivity index (χ1v) is 6.45. The molecule has 3 atom stereocenters. The first-order valence-electron chi connectivity index (χ1n) is 6.45. The summed E-state index contributed by atoms with van der Waals surface area (Å²) in [4.78, 5) is 2.33. The number of nitrogens with zero attached hydrogens (tertiary/aromatic N) is 1. The summed E-state index contributed by atoms with van der Waals surface area (Å²) in [6.45, 7) is 6.40. The smallest absolute Gasteiger partial charge is 0.123 e. The second kappa shape index (κ2) is 5.78. The fourth-order valence-corrected chi connectivity index (χ4v) is 2.65. The van der Waals surface area contributed by atoms with Gasteiger partial charge in [-0.3, -0.25) is 4.90 Å². The molecule has 0 aliphatic carbocycles. The van der Waals surface area contributed by atoms with Gasteiger partial charge in [-0.15, -0.1) is 0 Å². The highest BCUT2D eigenvalue weighted by molar-refractivity contribution is 5.20. The van der Waals surface area contributed by atoms with Crippen LogP contribution in [-0.4, -0.2) is 36.7 Å². The average Bonchev–Trinajstić information content (AvgIpc) is 2.31. The van der Waals surface area contributed by atoms with Crippen LogP contribution in [0.5, 0.6) is 0 Å². The van der Waals surface area contributed by atoms with Crippen LogP contribution in [0.25, 0.3) is 0 Å². The molecule has 100 valence electrons. The molecule has 0 spiro atoms. The van der Waals surface area contributed by atoms with Crippen LogP contribution in [0.15, 0.2) is 24.3 Å². The van der Waals surface area contributed by atoms with Crippen molar-refractivity contribution in [2.24, 2.45) is 5.73 Å². The van der Waals surface area contributed by atoms with Gasteiger partial charge in [-0.1, -0.05) is 12.1 Å². The lowest BCUT2D eigenvalue weighted by atomic mass is 10.0. The van der Waals surface area contributed by atoms with Crippen LogP contribution in [0.4, 0.5) is 4.39 Å². The van der Waals surface area contributed by atoms with Gasteiger partial charge in [0, 0.05) is 25.7 Å². The number of rotatable bonds is 3. The number of morpholine rings is 1. The van der Waals surface area contributed by atoms with E-state index in [-0.39, 0.29) is 24.1 Å². The zero-order valence-electron chi connectivity index (χ0n) is 11.0. The average molecular weight is 252 g/mol. The fourth-order valence-electron chi connectivity index (χ4n) is 2.65. The minimum absolute atomic E-state index is 0.138. The third-order valence-electron chi connectivity index (χ3n) is 3.37. The van der Waals surface area contributed by atoms with Gasteiger partial charge >= 0.3 is 0 Å². The Labute approximate surface area is 108 Å². The molecular formula is C14H21FN2O. The summed E-state index contributed by atoms with van der Waals surface area (Å²) in [6, 6.07) is 6.76. The summed E-state index contributed by atoms with van der Waals surface area (Å²) in [7, 11) is 0. The van der Waals surface area contributed by atoms with Gasteiger partial charge in [0.2, 0.25) is 0 Å².